The first-order valence-corrected chi connectivity index (χ1v) is 8.09. The lowest BCUT2D eigenvalue weighted by molar-refractivity contribution is 0.354. The zero-order chi connectivity index (χ0) is 18.5. The molecule has 0 unspecified atom stereocenters. The first kappa shape index (κ1) is 17.5. The number of ether oxygens (including phenoxy) is 2. The highest BCUT2D eigenvalue weighted by molar-refractivity contribution is 5.53. The summed E-state index contributed by atoms with van der Waals surface area (Å²) in [6, 6.07) is 13.2. The molecule has 0 spiro atoms. The Hall–Kier alpha value is -3.35. The summed E-state index contributed by atoms with van der Waals surface area (Å²) in [5.41, 5.74) is 2.86. The quantitative estimate of drug-likeness (QED) is 0.709. The zero-order valence-corrected chi connectivity index (χ0v) is 14.9. The fraction of sp³-hybridized carbons (Fsp3) is 0.211. The van der Waals surface area contributed by atoms with E-state index in [2.05, 4.69) is 20.5 Å². The standard InChI is InChI=1S/C19H20N4O3/c1-12-5-4-6-14(9-12)20-19-21-18(24)15(22-23-19)10-13-7-8-16(25-2)17(11-13)26-3/h4-9,11H,10H2,1-3H3,(H2,20,21,23,24). The molecule has 0 saturated carbocycles. The van der Waals surface area contributed by atoms with Gasteiger partial charge in [0.2, 0.25) is 5.95 Å². The van der Waals surface area contributed by atoms with Gasteiger partial charge in [-0.05, 0) is 42.3 Å². The second-order valence-electron chi connectivity index (χ2n) is 5.81. The van der Waals surface area contributed by atoms with Crippen LogP contribution >= 0.6 is 0 Å². The van der Waals surface area contributed by atoms with Crippen LogP contribution in [0, 0.1) is 6.92 Å². The van der Waals surface area contributed by atoms with Gasteiger partial charge in [-0.3, -0.25) is 9.78 Å². The molecule has 3 aromatic rings. The van der Waals surface area contributed by atoms with Crippen molar-refractivity contribution in [1.82, 2.24) is 15.2 Å². The van der Waals surface area contributed by atoms with Crippen molar-refractivity contribution in [3.05, 3.63) is 69.6 Å². The molecular formula is C19H20N4O3. The van der Waals surface area contributed by atoms with Crippen LogP contribution in [0.5, 0.6) is 11.5 Å². The predicted octanol–water partition coefficient (Wildman–Crippen LogP) is 2.82. The van der Waals surface area contributed by atoms with E-state index in [1.165, 1.54) is 0 Å². The maximum atomic E-state index is 12.3. The monoisotopic (exact) mass is 352 g/mol. The summed E-state index contributed by atoms with van der Waals surface area (Å²) in [6.07, 6.45) is 0.341. The molecule has 0 radical (unpaired) electrons. The summed E-state index contributed by atoms with van der Waals surface area (Å²) >= 11 is 0. The summed E-state index contributed by atoms with van der Waals surface area (Å²) < 4.78 is 10.5. The normalized spacial score (nSPS) is 10.4. The molecule has 1 heterocycles. The van der Waals surface area contributed by atoms with Gasteiger partial charge in [-0.15, -0.1) is 10.2 Å². The van der Waals surface area contributed by atoms with Crippen LogP contribution in [-0.4, -0.2) is 29.4 Å². The van der Waals surface area contributed by atoms with Crippen molar-refractivity contribution in [2.75, 3.05) is 19.5 Å². The lowest BCUT2D eigenvalue weighted by Crippen LogP contribution is -2.18. The largest absolute Gasteiger partial charge is 0.493 e. The van der Waals surface area contributed by atoms with E-state index in [0.29, 0.717) is 29.6 Å². The Kier molecular flexibility index (Phi) is 5.17. The van der Waals surface area contributed by atoms with E-state index in [0.717, 1.165) is 16.8 Å². The summed E-state index contributed by atoms with van der Waals surface area (Å²) in [5.74, 6) is 1.54. The lowest BCUT2D eigenvalue weighted by Gasteiger charge is -2.09. The van der Waals surface area contributed by atoms with Crippen LogP contribution in [0.25, 0.3) is 0 Å². The average molecular weight is 352 g/mol. The topological polar surface area (TPSA) is 89.1 Å². The van der Waals surface area contributed by atoms with E-state index in [4.69, 9.17) is 9.47 Å². The molecule has 3 rings (SSSR count). The van der Waals surface area contributed by atoms with E-state index in [1.54, 1.807) is 20.3 Å². The molecule has 0 fully saturated rings. The number of aryl methyl sites for hydroxylation is 1. The van der Waals surface area contributed by atoms with Crippen molar-refractivity contribution in [3.8, 4) is 11.5 Å². The highest BCUT2D eigenvalue weighted by Crippen LogP contribution is 2.28. The number of benzene rings is 2. The van der Waals surface area contributed by atoms with Gasteiger partial charge in [0.1, 0.15) is 5.69 Å². The number of hydrogen-bond donors (Lipinski definition) is 2. The van der Waals surface area contributed by atoms with Crippen LogP contribution in [0.2, 0.25) is 0 Å². The SMILES string of the molecule is COc1ccc(Cc2nnc(Nc3cccc(C)c3)[nH]c2=O)cc1OC. The molecular weight excluding hydrogens is 332 g/mol. The Morgan fingerprint density at radius 1 is 1.04 bits per heavy atom. The smallest absolute Gasteiger partial charge is 0.274 e. The number of anilines is 2. The van der Waals surface area contributed by atoms with Crippen molar-refractivity contribution in [1.29, 1.82) is 0 Å². The van der Waals surface area contributed by atoms with Crippen LogP contribution < -0.4 is 20.3 Å². The van der Waals surface area contributed by atoms with Gasteiger partial charge in [0.25, 0.3) is 5.56 Å². The third kappa shape index (κ3) is 4.00. The van der Waals surface area contributed by atoms with E-state index >= 15 is 0 Å². The maximum Gasteiger partial charge on any atom is 0.274 e. The molecule has 2 aromatic carbocycles. The summed E-state index contributed by atoms with van der Waals surface area (Å²) in [5, 5.41) is 11.2. The summed E-state index contributed by atoms with van der Waals surface area (Å²) in [6.45, 7) is 1.99. The number of nitrogens with one attached hydrogen (secondary N) is 2. The van der Waals surface area contributed by atoms with Crippen LogP contribution in [0.3, 0.4) is 0 Å². The zero-order valence-electron chi connectivity index (χ0n) is 14.9. The Labute approximate surface area is 151 Å². The van der Waals surface area contributed by atoms with Crippen LogP contribution in [-0.2, 0) is 6.42 Å². The number of rotatable bonds is 6. The predicted molar refractivity (Wildman–Crippen MR) is 99.5 cm³/mol. The van der Waals surface area contributed by atoms with E-state index in [1.807, 2.05) is 43.3 Å². The van der Waals surface area contributed by atoms with Crippen LogP contribution in [0.1, 0.15) is 16.8 Å². The second kappa shape index (κ2) is 7.69. The van der Waals surface area contributed by atoms with Gasteiger partial charge >= 0.3 is 0 Å². The molecule has 0 saturated heterocycles. The minimum Gasteiger partial charge on any atom is -0.493 e. The van der Waals surface area contributed by atoms with E-state index in [-0.39, 0.29) is 5.56 Å². The van der Waals surface area contributed by atoms with Crippen molar-refractivity contribution in [3.63, 3.8) is 0 Å². The molecule has 0 amide bonds. The Bertz CT molecular complexity index is 969. The first-order chi connectivity index (χ1) is 12.6. The minimum absolute atomic E-state index is 0.287. The average Bonchev–Trinajstić information content (AvgIpc) is 2.64. The maximum absolute atomic E-state index is 12.3. The van der Waals surface area contributed by atoms with Crippen molar-refractivity contribution >= 4 is 11.6 Å². The molecule has 134 valence electrons. The molecule has 0 atom stereocenters. The van der Waals surface area contributed by atoms with Gasteiger partial charge in [-0.2, -0.15) is 0 Å². The molecule has 2 N–H and O–H groups in total. The van der Waals surface area contributed by atoms with Gasteiger partial charge in [0.05, 0.1) is 14.2 Å². The van der Waals surface area contributed by atoms with Crippen LogP contribution in [0.15, 0.2) is 47.3 Å². The third-order valence-electron chi connectivity index (χ3n) is 3.87. The van der Waals surface area contributed by atoms with Gasteiger partial charge in [-0.1, -0.05) is 18.2 Å². The van der Waals surface area contributed by atoms with Crippen molar-refractivity contribution < 1.29 is 9.47 Å². The second-order valence-corrected chi connectivity index (χ2v) is 5.81. The summed E-state index contributed by atoms with van der Waals surface area (Å²) in [4.78, 5) is 15.0. The third-order valence-corrected chi connectivity index (χ3v) is 3.87. The van der Waals surface area contributed by atoms with Gasteiger partial charge in [0, 0.05) is 12.1 Å². The number of aromatic nitrogens is 3. The molecule has 26 heavy (non-hydrogen) atoms. The molecule has 7 nitrogen and oxygen atoms in total. The first-order valence-electron chi connectivity index (χ1n) is 8.09. The van der Waals surface area contributed by atoms with Crippen molar-refractivity contribution in [2.24, 2.45) is 0 Å². The highest BCUT2D eigenvalue weighted by atomic mass is 16.5. The molecule has 0 bridgehead atoms. The van der Waals surface area contributed by atoms with E-state index < -0.39 is 0 Å². The Balaban J connectivity index is 1.79. The molecule has 0 aliphatic carbocycles. The lowest BCUT2D eigenvalue weighted by atomic mass is 10.1. The molecule has 0 aliphatic rings. The number of methoxy groups -OCH3 is 2. The minimum atomic E-state index is -0.287. The van der Waals surface area contributed by atoms with Gasteiger partial charge in [0.15, 0.2) is 11.5 Å². The van der Waals surface area contributed by atoms with Gasteiger partial charge in [-0.25, -0.2) is 0 Å². The fourth-order valence-electron chi connectivity index (χ4n) is 2.58. The highest BCUT2D eigenvalue weighted by Gasteiger charge is 2.10. The molecule has 7 heteroatoms. The van der Waals surface area contributed by atoms with E-state index in [9.17, 15) is 4.79 Å². The number of nitrogens with zero attached hydrogens (tertiary/aromatic N) is 2. The molecule has 0 aliphatic heterocycles. The Morgan fingerprint density at radius 2 is 1.85 bits per heavy atom. The number of aromatic amines is 1. The fourth-order valence-corrected chi connectivity index (χ4v) is 2.58. The number of H-pyrrole nitrogens is 1. The van der Waals surface area contributed by atoms with Crippen LogP contribution in [0.4, 0.5) is 11.6 Å². The van der Waals surface area contributed by atoms with Crippen molar-refractivity contribution in [2.45, 2.75) is 13.3 Å². The van der Waals surface area contributed by atoms with Gasteiger partial charge < -0.3 is 14.8 Å². The summed E-state index contributed by atoms with van der Waals surface area (Å²) in [7, 11) is 3.15. The molecule has 1 aromatic heterocycles. The number of hydrogen-bond acceptors (Lipinski definition) is 6. The Morgan fingerprint density at radius 3 is 2.54 bits per heavy atom.